The zero-order chi connectivity index (χ0) is 13.4. The van der Waals surface area contributed by atoms with Crippen LogP contribution in [0.25, 0.3) is 0 Å². The van der Waals surface area contributed by atoms with Gasteiger partial charge in [-0.1, -0.05) is 13.3 Å². The molecule has 4 nitrogen and oxygen atoms in total. The Balaban J connectivity index is 3.86. The fraction of sp³-hybridized carbons (Fsp3) is 0.923. The van der Waals surface area contributed by atoms with Crippen molar-refractivity contribution in [3.05, 3.63) is 0 Å². The van der Waals surface area contributed by atoms with Gasteiger partial charge in [0.25, 0.3) is 0 Å². The summed E-state index contributed by atoms with van der Waals surface area (Å²) in [6, 6.07) is 0.240. The van der Waals surface area contributed by atoms with Gasteiger partial charge in [0.1, 0.15) is 0 Å². The number of hydrogen-bond acceptors (Lipinski definition) is 3. The van der Waals surface area contributed by atoms with Crippen molar-refractivity contribution in [2.45, 2.75) is 39.2 Å². The van der Waals surface area contributed by atoms with E-state index in [1.807, 2.05) is 39.9 Å². The van der Waals surface area contributed by atoms with Crippen molar-refractivity contribution >= 4 is 5.91 Å². The minimum absolute atomic E-state index is 0.112. The van der Waals surface area contributed by atoms with E-state index in [4.69, 9.17) is 5.73 Å². The van der Waals surface area contributed by atoms with Crippen LogP contribution in [-0.2, 0) is 4.79 Å². The molecule has 0 bridgehead atoms. The monoisotopic (exact) mass is 243 g/mol. The molecule has 2 unspecified atom stereocenters. The number of likely N-dealkylation sites (N-methyl/N-ethyl adjacent to an activating group) is 2. The van der Waals surface area contributed by atoms with Crippen LogP contribution in [0.1, 0.15) is 33.1 Å². The minimum atomic E-state index is 0.112. The van der Waals surface area contributed by atoms with Gasteiger partial charge < -0.3 is 15.5 Å². The third kappa shape index (κ3) is 8.16. The van der Waals surface area contributed by atoms with Gasteiger partial charge in [-0.25, -0.2) is 0 Å². The van der Waals surface area contributed by atoms with Crippen LogP contribution in [0.5, 0.6) is 0 Å². The number of carbonyl (C=O) groups is 1. The van der Waals surface area contributed by atoms with Gasteiger partial charge >= 0.3 is 0 Å². The number of nitrogens with two attached hydrogens (primary N) is 1. The van der Waals surface area contributed by atoms with Crippen LogP contribution in [0.3, 0.4) is 0 Å². The van der Waals surface area contributed by atoms with E-state index in [2.05, 4.69) is 4.90 Å². The lowest BCUT2D eigenvalue weighted by Crippen LogP contribution is -2.36. The van der Waals surface area contributed by atoms with Gasteiger partial charge in [-0.15, -0.1) is 0 Å². The maximum atomic E-state index is 12.0. The fourth-order valence-corrected chi connectivity index (χ4v) is 1.71. The Morgan fingerprint density at radius 3 is 2.18 bits per heavy atom. The maximum Gasteiger partial charge on any atom is 0.225 e. The lowest BCUT2D eigenvalue weighted by molar-refractivity contribution is -0.134. The topological polar surface area (TPSA) is 49.6 Å². The lowest BCUT2D eigenvalue weighted by Gasteiger charge is -2.23. The van der Waals surface area contributed by atoms with E-state index in [0.29, 0.717) is 0 Å². The summed E-state index contributed by atoms with van der Waals surface area (Å²) < 4.78 is 0. The van der Waals surface area contributed by atoms with Crippen LogP contribution in [0.15, 0.2) is 0 Å². The van der Waals surface area contributed by atoms with Crippen LogP contribution < -0.4 is 5.73 Å². The minimum Gasteiger partial charge on any atom is -0.344 e. The van der Waals surface area contributed by atoms with Gasteiger partial charge in [-0.3, -0.25) is 4.79 Å². The second kappa shape index (κ2) is 8.48. The van der Waals surface area contributed by atoms with Crippen LogP contribution >= 0.6 is 0 Å². The predicted molar refractivity (Wildman–Crippen MR) is 72.9 cm³/mol. The molecule has 0 aliphatic rings. The molecule has 102 valence electrons. The molecule has 17 heavy (non-hydrogen) atoms. The second-order valence-electron chi connectivity index (χ2n) is 5.37. The molecule has 0 saturated carbocycles. The Labute approximate surface area is 106 Å². The molecule has 0 spiro atoms. The molecular formula is C13H29N3O. The molecule has 2 N–H and O–H groups in total. The van der Waals surface area contributed by atoms with E-state index in [9.17, 15) is 4.79 Å². The molecular weight excluding hydrogens is 214 g/mol. The quantitative estimate of drug-likeness (QED) is 0.696. The predicted octanol–water partition coefficient (Wildman–Crippen LogP) is 1.16. The fourth-order valence-electron chi connectivity index (χ4n) is 1.71. The Morgan fingerprint density at radius 2 is 1.71 bits per heavy atom. The SMILES string of the molecule is CC(N)CCCC(C)C(=O)N(C)CCN(C)C. The van der Waals surface area contributed by atoms with Gasteiger partial charge in [0.2, 0.25) is 5.91 Å². The Hall–Kier alpha value is -0.610. The number of carbonyl (C=O) groups excluding carboxylic acids is 1. The van der Waals surface area contributed by atoms with Crippen molar-refractivity contribution in [2.24, 2.45) is 11.7 Å². The number of nitrogens with zero attached hydrogens (tertiary/aromatic N) is 2. The summed E-state index contributed by atoms with van der Waals surface area (Å²) >= 11 is 0. The van der Waals surface area contributed by atoms with Crippen molar-refractivity contribution in [1.82, 2.24) is 9.80 Å². The third-order valence-electron chi connectivity index (χ3n) is 2.98. The first kappa shape index (κ1) is 16.4. The molecule has 0 aromatic rings. The highest BCUT2D eigenvalue weighted by atomic mass is 16.2. The Bertz CT molecular complexity index is 217. The van der Waals surface area contributed by atoms with Crippen LogP contribution in [-0.4, -0.2) is 56.0 Å². The van der Waals surface area contributed by atoms with E-state index in [0.717, 1.165) is 32.4 Å². The van der Waals surface area contributed by atoms with Crippen molar-refractivity contribution < 1.29 is 4.79 Å². The van der Waals surface area contributed by atoms with Gasteiger partial charge in [0, 0.05) is 32.1 Å². The number of hydrogen-bond donors (Lipinski definition) is 1. The zero-order valence-electron chi connectivity index (χ0n) is 12.1. The number of rotatable bonds is 8. The van der Waals surface area contributed by atoms with Crippen molar-refractivity contribution in [2.75, 3.05) is 34.2 Å². The molecule has 0 aliphatic heterocycles. The summed E-state index contributed by atoms with van der Waals surface area (Å²) in [5.74, 6) is 0.359. The first-order chi connectivity index (χ1) is 7.84. The Kier molecular flexibility index (Phi) is 8.17. The van der Waals surface area contributed by atoms with Gasteiger partial charge in [0.05, 0.1) is 0 Å². The molecule has 1 amide bonds. The molecule has 0 aromatic carbocycles. The second-order valence-corrected chi connectivity index (χ2v) is 5.37. The van der Waals surface area contributed by atoms with Gasteiger partial charge in [0.15, 0.2) is 0 Å². The first-order valence-electron chi connectivity index (χ1n) is 6.50. The van der Waals surface area contributed by atoms with Crippen molar-refractivity contribution in [3.63, 3.8) is 0 Å². The smallest absolute Gasteiger partial charge is 0.225 e. The third-order valence-corrected chi connectivity index (χ3v) is 2.98. The average Bonchev–Trinajstić information content (AvgIpc) is 2.24. The van der Waals surface area contributed by atoms with E-state index in [1.165, 1.54) is 0 Å². The average molecular weight is 243 g/mol. The van der Waals surface area contributed by atoms with E-state index < -0.39 is 0 Å². The highest BCUT2D eigenvalue weighted by Crippen LogP contribution is 2.11. The zero-order valence-corrected chi connectivity index (χ0v) is 12.1. The first-order valence-corrected chi connectivity index (χ1v) is 6.50. The molecule has 0 fully saturated rings. The van der Waals surface area contributed by atoms with Gasteiger partial charge in [-0.05, 0) is 33.9 Å². The van der Waals surface area contributed by atoms with Crippen molar-refractivity contribution in [3.8, 4) is 0 Å². The Morgan fingerprint density at radius 1 is 1.12 bits per heavy atom. The highest BCUT2D eigenvalue weighted by Gasteiger charge is 2.16. The summed E-state index contributed by atoms with van der Waals surface area (Å²) in [6.07, 6.45) is 2.97. The summed E-state index contributed by atoms with van der Waals surface area (Å²) in [6.45, 7) is 5.73. The van der Waals surface area contributed by atoms with Crippen LogP contribution in [0.2, 0.25) is 0 Å². The van der Waals surface area contributed by atoms with E-state index in [-0.39, 0.29) is 17.9 Å². The van der Waals surface area contributed by atoms with E-state index >= 15 is 0 Å². The summed E-state index contributed by atoms with van der Waals surface area (Å²) in [7, 11) is 5.92. The highest BCUT2D eigenvalue weighted by molar-refractivity contribution is 5.78. The standard InChI is InChI=1S/C13H29N3O/c1-11(7-6-8-12(2)14)13(17)16(5)10-9-15(3)4/h11-12H,6-10,14H2,1-5H3. The van der Waals surface area contributed by atoms with Crippen molar-refractivity contribution in [1.29, 1.82) is 0 Å². The largest absolute Gasteiger partial charge is 0.344 e. The van der Waals surface area contributed by atoms with E-state index in [1.54, 1.807) is 0 Å². The molecule has 0 aliphatic carbocycles. The van der Waals surface area contributed by atoms with Crippen LogP contribution in [0, 0.1) is 5.92 Å². The normalized spacial score (nSPS) is 14.8. The maximum absolute atomic E-state index is 12.0. The van der Waals surface area contributed by atoms with Crippen LogP contribution in [0.4, 0.5) is 0 Å². The lowest BCUT2D eigenvalue weighted by atomic mass is 10.0. The molecule has 0 aromatic heterocycles. The molecule has 2 atom stereocenters. The summed E-state index contributed by atoms with van der Waals surface area (Å²) in [5.41, 5.74) is 5.69. The summed E-state index contributed by atoms with van der Waals surface area (Å²) in [5, 5.41) is 0. The van der Waals surface area contributed by atoms with Gasteiger partial charge in [-0.2, -0.15) is 0 Å². The molecule has 0 rings (SSSR count). The molecule has 0 radical (unpaired) electrons. The number of amides is 1. The summed E-state index contributed by atoms with van der Waals surface area (Å²) in [4.78, 5) is 15.9. The molecule has 4 heteroatoms. The molecule has 0 heterocycles. The molecule has 0 saturated heterocycles.